The van der Waals surface area contributed by atoms with Crippen molar-refractivity contribution in [2.45, 2.75) is 198 Å². The van der Waals surface area contributed by atoms with Crippen LogP contribution in [0.5, 0.6) is 0 Å². The Morgan fingerprint density at radius 1 is 0.574 bits per heavy atom. The fourth-order valence-corrected chi connectivity index (χ4v) is 6.57. The highest BCUT2D eigenvalue weighted by molar-refractivity contribution is 5.76. The van der Waals surface area contributed by atoms with Gasteiger partial charge in [-0.2, -0.15) is 0 Å². The molecule has 0 aromatic rings. The first-order chi connectivity index (χ1) is 29.8. The number of carbonyl (C=O) groups excluding carboxylic acids is 1. The number of ether oxygens (including phenoxy) is 2. The molecule has 346 valence electrons. The minimum atomic E-state index is -1.58. The Balaban J connectivity index is 2.17. The van der Waals surface area contributed by atoms with Crippen molar-refractivity contribution < 1.29 is 39.8 Å². The molecule has 1 amide bonds. The van der Waals surface area contributed by atoms with Crippen LogP contribution in [0.1, 0.15) is 155 Å². The zero-order chi connectivity index (χ0) is 44.4. The summed E-state index contributed by atoms with van der Waals surface area (Å²) in [5, 5.41) is 53.8. The maximum Gasteiger partial charge on any atom is 0.220 e. The molecule has 1 saturated heterocycles. The van der Waals surface area contributed by atoms with E-state index in [0.717, 1.165) is 103 Å². The number of rotatable bonds is 37. The molecule has 7 unspecified atom stereocenters. The van der Waals surface area contributed by atoms with Gasteiger partial charge < -0.3 is 40.3 Å². The maximum atomic E-state index is 12.9. The summed E-state index contributed by atoms with van der Waals surface area (Å²) in [7, 11) is 0. The summed E-state index contributed by atoms with van der Waals surface area (Å²) >= 11 is 0. The van der Waals surface area contributed by atoms with E-state index in [-0.39, 0.29) is 12.5 Å². The molecule has 1 aliphatic rings. The summed E-state index contributed by atoms with van der Waals surface area (Å²) in [6, 6.07) is -0.829. The zero-order valence-electron chi connectivity index (χ0n) is 37.9. The number of hydrogen-bond acceptors (Lipinski definition) is 8. The van der Waals surface area contributed by atoms with Crippen molar-refractivity contribution in [1.82, 2.24) is 5.32 Å². The largest absolute Gasteiger partial charge is 0.394 e. The first kappa shape index (κ1) is 55.9. The van der Waals surface area contributed by atoms with Gasteiger partial charge in [-0.3, -0.25) is 4.79 Å². The van der Waals surface area contributed by atoms with Gasteiger partial charge in [-0.25, -0.2) is 0 Å². The quantitative estimate of drug-likeness (QED) is 0.0267. The number of unbranched alkanes of at least 4 members (excludes halogenated alkanes) is 11. The number of amides is 1. The number of aliphatic hydroxyl groups is 5. The number of allylic oxidation sites excluding steroid dienone is 17. The molecule has 6 N–H and O–H groups in total. The molecule has 9 heteroatoms. The first-order valence-electron chi connectivity index (χ1n) is 23.6. The van der Waals surface area contributed by atoms with Gasteiger partial charge in [0, 0.05) is 6.42 Å². The molecule has 61 heavy (non-hydrogen) atoms. The van der Waals surface area contributed by atoms with E-state index in [9.17, 15) is 30.3 Å². The molecule has 0 aliphatic carbocycles. The molecule has 0 aromatic heterocycles. The molecular weight excluding hydrogens is 767 g/mol. The third-order valence-electron chi connectivity index (χ3n) is 10.3. The van der Waals surface area contributed by atoms with Crippen LogP contribution >= 0.6 is 0 Å². The second-order valence-corrected chi connectivity index (χ2v) is 15.8. The highest BCUT2D eigenvalue weighted by Gasteiger charge is 2.44. The lowest BCUT2D eigenvalue weighted by Crippen LogP contribution is -2.60. The summed E-state index contributed by atoms with van der Waals surface area (Å²) in [5.74, 6) is -0.205. The molecule has 0 bridgehead atoms. The van der Waals surface area contributed by atoms with Crippen LogP contribution < -0.4 is 5.32 Å². The zero-order valence-corrected chi connectivity index (χ0v) is 37.9. The summed E-state index contributed by atoms with van der Waals surface area (Å²) in [4.78, 5) is 12.9. The lowest BCUT2D eigenvalue weighted by atomic mass is 9.99. The molecule has 1 rings (SSSR count). The standard InChI is InChI=1S/C52H85NO8/c1-3-5-7-9-11-12-13-14-15-16-17-18-19-20-21-22-23-24-25-26-27-28-29-30-31-32-33-34-36-38-40-42-48(56)53-45(46(55)41-39-37-35-10-8-6-4-2)44-60-52-51(59)50(58)49(57)47(43-54)61-52/h5,7-8,10-12,14-15,17-18,20-21,23-24,26-27,39,41,45-47,49-52,54-55,57-59H,3-4,6,9,13,16,19,22,25,28-38,40,42-44H2,1-2H3,(H,53,56)/b7-5-,10-8+,12-11-,15-14-,18-17-,21-20-,24-23-,27-26-,41-39+. The van der Waals surface area contributed by atoms with Gasteiger partial charge in [-0.05, 0) is 83.5 Å². The SMILES string of the molecule is CC/C=C\C/C=C\C/C=C\C/C=C\C/C=C\C/C=C\C/C=C\CCCCCCCCCCCC(=O)NC(COC1OC(CO)C(O)C(O)C1O)C(O)/C=C/CC/C=C/CCC. The monoisotopic (exact) mass is 852 g/mol. The van der Waals surface area contributed by atoms with Crippen LogP contribution in [0.4, 0.5) is 0 Å². The fourth-order valence-electron chi connectivity index (χ4n) is 6.57. The maximum absolute atomic E-state index is 12.9. The lowest BCUT2D eigenvalue weighted by Gasteiger charge is -2.40. The van der Waals surface area contributed by atoms with Crippen molar-refractivity contribution in [2.75, 3.05) is 13.2 Å². The van der Waals surface area contributed by atoms with E-state index in [0.29, 0.717) is 6.42 Å². The summed E-state index contributed by atoms with van der Waals surface area (Å²) < 4.78 is 11.1. The third kappa shape index (κ3) is 31.4. The second-order valence-electron chi connectivity index (χ2n) is 15.8. The van der Waals surface area contributed by atoms with E-state index in [2.05, 4.69) is 116 Å². The van der Waals surface area contributed by atoms with Gasteiger partial charge in [-0.15, -0.1) is 0 Å². The molecule has 0 aromatic carbocycles. The van der Waals surface area contributed by atoms with E-state index in [4.69, 9.17) is 9.47 Å². The van der Waals surface area contributed by atoms with Crippen molar-refractivity contribution in [2.24, 2.45) is 0 Å². The molecule has 1 aliphatic heterocycles. The molecule has 9 nitrogen and oxygen atoms in total. The predicted molar refractivity (Wildman–Crippen MR) is 253 cm³/mol. The molecular formula is C52H85NO8. The molecule has 7 atom stereocenters. The van der Waals surface area contributed by atoms with E-state index < -0.39 is 49.5 Å². The van der Waals surface area contributed by atoms with Gasteiger partial charge in [0.05, 0.1) is 25.4 Å². The number of carbonyl (C=O) groups is 1. The van der Waals surface area contributed by atoms with Crippen LogP contribution in [0.2, 0.25) is 0 Å². The predicted octanol–water partition coefficient (Wildman–Crippen LogP) is 10.3. The van der Waals surface area contributed by atoms with Crippen LogP contribution in [-0.2, 0) is 14.3 Å². The molecule has 0 saturated carbocycles. The van der Waals surface area contributed by atoms with Crippen LogP contribution in [0.15, 0.2) is 109 Å². The van der Waals surface area contributed by atoms with Crippen molar-refractivity contribution in [1.29, 1.82) is 0 Å². The Labute approximate surface area is 370 Å². The van der Waals surface area contributed by atoms with Crippen LogP contribution in [0.3, 0.4) is 0 Å². The van der Waals surface area contributed by atoms with Crippen LogP contribution in [0.25, 0.3) is 0 Å². The topological polar surface area (TPSA) is 149 Å². The fraction of sp³-hybridized carbons (Fsp3) is 0.635. The summed E-state index contributed by atoms with van der Waals surface area (Å²) in [5.41, 5.74) is 0. The van der Waals surface area contributed by atoms with Crippen molar-refractivity contribution in [3.05, 3.63) is 109 Å². The van der Waals surface area contributed by atoms with Gasteiger partial charge in [0.2, 0.25) is 5.91 Å². The Morgan fingerprint density at radius 2 is 1.03 bits per heavy atom. The molecule has 0 spiro atoms. The van der Waals surface area contributed by atoms with Gasteiger partial charge >= 0.3 is 0 Å². The lowest BCUT2D eigenvalue weighted by molar-refractivity contribution is -0.302. The highest BCUT2D eigenvalue weighted by Crippen LogP contribution is 2.22. The number of nitrogens with one attached hydrogen (secondary N) is 1. The minimum Gasteiger partial charge on any atom is -0.394 e. The average molecular weight is 852 g/mol. The summed E-state index contributed by atoms with van der Waals surface area (Å²) in [6.07, 6.45) is 53.2. The van der Waals surface area contributed by atoms with Crippen LogP contribution in [0, 0.1) is 0 Å². The first-order valence-corrected chi connectivity index (χ1v) is 23.6. The minimum absolute atomic E-state index is 0.205. The number of aliphatic hydroxyl groups excluding tert-OH is 5. The Morgan fingerprint density at radius 3 is 1.56 bits per heavy atom. The highest BCUT2D eigenvalue weighted by atomic mass is 16.7. The normalized spacial score (nSPS) is 21.5. The average Bonchev–Trinajstić information content (AvgIpc) is 3.26. The van der Waals surface area contributed by atoms with E-state index in [1.54, 1.807) is 6.08 Å². The van der Waals surface area contributed by atoms with E-state index >= 15 is 0 Å². The van der Waals surface area contributed by atoms with Gasteiger partial charge in [-0.1, -0.05) is 175 Å². The van der Waals surface area contributed by atoms with E-state index in [1.165, 1.54) is 32.1 Å². The van der Waals surface area contributed by atoms with E-state index in [1.807, 2.05) is 6.08 Å². The van der Waals surface area contributed by atoms with Crippen molar-refractivity contribution in [3.8, 4) is 0 Å². The van der Waals surface area contributed by atoms with Crippen molar-refractivity contribution in [3.63, 3.8) is 0 Å². The van der Waals surface area contributed by atoms with Gasteiger partial charge in [0.1, 0.15) is 24.4 Å². The van der Waals surface area contributed by atoms with Gasteiger partial charge in [0.25, 0.3) is 0 Å². The Kier molecular flexibility index (Phi) is 37.5. The second kappa shape index (κ2) is 40.9. The third-order valence-corrected chi connectivity index (χ3v) is 10.3. The molecule has 1 heterocycles. The van der Waals surface area contributed by atoms with Crippen molar-refractivity contribution >= 4 is 5.91 Å². The Hall–Kier alpha value is -3.15. The van der Waals surface area contributed by atoms with Gasteiger partial charge in [0.15, 0.2) is 6.29 Å². The number of hydrogen-bond donors (Lipinski definition) is 6. The molecule has 1 fully saturated rings. The smallest absolute Gasteiger partial charge is 0.220 e. The Bertz CT molecular complexity index is 1310. The van der Waals surface area contributed by atoms with Crippen LogP contribution in [-0.4, -0.2) is 87.5 Å². The summed E-state index contributed by atoms with van der Waals surface area (Å²) in [6.45, 7) is 3.50. The molecule has 0 radical (unpaired) electrons.